The van der Waals surface area contributed by atoms with E-state index in [4.69, 9.17) is 14.3 Å². The average molecular weight is 367 g/mol. The van der Waals surface area contributed by atoms with Gasteiger partial charge in [0.1, 0.15) is 6.10 Å². The fourth-order valence-electron chi connectivity index (χ4n) is 2.17. The lowest BCUT2D eigenvalue weighted by atomic mass is 10.1. The van der Waals surface area contributed by atoms with Gasteiger partial charge in [0.15, 0.2) is 8.32 Å². The van der Waals surface area contributed by atoms with Gasteiger partial charge in [-0.15, -0.1) is 0 Å². The second kappa shape index (κ2) is 8.63. The number of carboxylic acid groups (broad SMARTS) is 1. The summed E-state index contributed by atoms with van der Waals surface area (Å²) in [5.41, 5.74) is 0.899. The fourth-order valence-corrected chi connectivity index (χ4v) is 3.52. The number of carbonyl (C=O) groups excluding carboxylic acids is 1. The van der Waals surface area contributed by atoms with Crippen LogP contribution in [-0.2, 0) is 18.8 Å². The number of rotatable bonds is 8. The molecule has 0 radical (unpaired) electrons. The summed E-state index contributed by atoms with van der Waals surface area (Å²) in [6.45, 7) is 12.1. The van der Waals surface area contributed by atoms with E-state index in [0.29, 0.717) is 0 Å². The van der Waals surface area contributed by atoms with Gasteiger partial charge in [-0.25, -0.2) is 0 Å². The van der Waals surface area contributed by atoms with Crippen molar-refractivity contribution < 1.29 is 23.9 Å². The lowest BCUT2D eigenvalue weighted by molar-refractivity contribution is -0.151. The Kier molecular flexibility index (Phi) is 7.38. The first-order valence-corrected chi connectivity index (χ1v) is 11.5. The first-order chi connectivity index (χ1) is 11.4. The molecule has 6 heteroatoms. The first kappa shape index (κ1) is 21.4. The minimum Gasteiger partial charge on any atom is -0.481 e. The standard InChI is InChI=1S/C19H30O5Si/c1-14(15-10-8-7-9-11-15)23-18(22)13-16(12-17(20)21)24-25(5,6)19(2,3)4/h7-11,14,16H,12-13H2,1-6H3,(H,20,21)/t14-,16?/m1/s1. The van der Waals surface area contributed by atoms with Gasteiger partial charge in [-0.1, -0.05) is 51.1 Å². The summed E-state index contributed by atoms with van der Waals surface area (Å²) in [7, 11) is -2.18. The first-order valence-electron chi connectivity index (χ1n) is 8.56. The van der Waals surface area contributed by atoms with Crippen molar-refractivity contribution in [3.05, 3.63) is 35.9 Å². The Bertz CT molecular complexity index is 577. The number of carbonyl (C=O) groups is 2. The van der Waals surface area contributed by atoms with Gasteiger partial charge < -0.3 is 14.3 Å². The fraction of sp³-hybridized carbons (Fsp3) is 0.579. The molecule has 1 unspecified atom stereocenters. The molecule has 1 N–H and O–H groups in total. The molecule has 5 nitrogen and oxygen atoms in total. The number of esters is 1. The summed E-state index contributed by atoms with van der Waals surface area (Å²) in [6.07, 6.45) is -1.32. The summed E-state index contributed by atoms with van der Waals surface area (Å²) < 4.78 is 11.6. The highest BCUT2D eigenvalue weighted by Gasteiger charge is 2.40. The third-order valence-electron chi connectivity index (χ3n) is 4.64. The molecule has 1 aromatic rings. The SMILES string of the molecule is C[C@@H](OC(=O)CC(CC(=O)O)O[Si](C)(C)C(C)(C)C)c1ccccc1. The van der Waals surface area contributed by atoms with Crippen molar-refractivity contribution in [3.8, 4) is 0 Å². The largest absolute Gasteiger partial charge is 0.481 e. The lowest BCUT2D eigenvalue weighted by Gasteiger charge is -2.38. The zero-order chi connectivity index (χ0) is 19.3. The Morgan fingerprint density at radius 3 is 2.16 bits per heavy atom. The van der Waals surface area contributed by atoms with Crippen LogP contribution >= 0.6 is 0 Å². The van der Waals surface area contributed by atoms with E-state index < -0.39 is 26.4 Å². The van der Waals surface area contributed by atoms with Crippen molar-refractivity contribution in [1.29, 1.82) is 0 Å². The predicted molar refractivity (Wildman–Crippen MR) is 99.9 cm³/mol. The zero-order valence-corrected chi connectivity index (χ0v) is 17.0. The molecular formula is C19H30O5Si. The molecule has 0 aliphatic rings. The Morgan fingerprint density at radius 1 is 1.12 bits per heavy atom. The third kappa shape index (κ3) is 7.00. The van der Waals surface area contributed by atoms with Gasteiger partial charge in [-0.2, -0.15) is 0 Å². The van der Waals surface area contributed by atoms with Crippen LogP contribution in [0.1, 0.15) is 52.2 Å². The minimum absolute atomic E-state index is 0.0595. The van der Waals surface area contributed by atoms with Crippen molar-refractivity contribution in [3.63, 3.8) is 0 Å². The molecule has 140 valence electrons. The molecular weight excluding hydrogens is 336 g/mol. The van der Waals surface area contributed by atoms with Crippen molar-refractivity contribution >= 4 is 20.3 Å². The lowest BCUT2D eigenvalue weighted by Crippen LogP contribution is -2.45. The molecule has 0 saturated carbocycles. The highest BCUT2D eigenvalue weighted by atomic mass is 28.4. The van der Waals surface area contributed by atoms with Crippen molar-refractivity contribution in [2.24, 2.45) is 0 Å². The maximum Gasteiger partial charge on any atom is 0.308 e. The number of hydrogen-bond donors (Lipinski definition) is 1. The van der Waals surface area contributed by atoms with Crippen LogP contribution in [-0.4, -0.2) is 31.5 Å². The molecule has 0 bridgehead atoms. The molecule has 0 aromatic heterocycles. The van der Waals surface area contributed by atoms with Gasteiger partial charge in [-0.05, 0) is 30.6 Å². The number of benzene rings is 1. The summed E-state index contributed by atoms with van der Waals surface area (Å²) in [5.74, 6) is -1.42. The van der Waals surface area contributed by atoms with E-state index in [1.54, 1.807) is 6.92 Å². The molecule has 0 aliphatic carbocycles. The van der Waals surface area contributed by atoms with Crippen molar-refractivity contribution in [2.45, 2.75) is 70.9 Å². The molecule has 1 aromatic carbocycles. The second-order valence-corrected chi connectivity index (χ2v) is 12.6. The summed E-state index contributed by atoms with van der Waals surface area (Å²) in [4.78, 5) is 23.4. The monoisotopic (exact) mass is 366 g/mol. The molecule has 0 aliphatic heterocycles. The van der Waals surface area contributed by atoms with Crippen molar-refractivity contribution in [1.82, 2.24) is 0 Å². The second-order valence-electron chi connectivity index (χ2n) is 7.84. The summed E-state index contributed by atoms with van der Waals surface area (Å²) >= 11 is 0. The highest BCUT2D eigenvalue weighted by molar-refractivity contribution is 6.74. The maximum atomic E-state index is 12.3. The van der Waals surface area contributed by atoms with Gasteiger partial charge in [-0.3, -0.25) is 9.59 Å². The van der Waals surface area contributed by atoms with E-state index in [1.807, 2.05) is 43.4 Å². The van der Waals surface area contributed by atoms with Crippen LogP contribution in [0.25, 0.3) is 0 Å². The van der Waals surface area contributed by atoms with Gasteiger partial charge in [0, 0.05) is 0 Å². The maximum absolute atomic E-state index is 12.3. The topological polar surface area (TPSA) is 72.8 Å². The van der Waals surface area contributed by atoms with Gasteiger partial charge in [0.2, 0.25) is 0 Å². The molecule has 0 saturated heterocycles. The average Bonchev–Trinajstić information content (AvgIpc) is 2.45. The van der Waals surface area contributed by atoms with Crippen LogP contribution in [0.15, 0.2) is 30.3 Å². The van der Waals surface area contributed by atoms with Crippen LogP contribution in [0.2, 0.25) is 18.1 Å². The normalized spacial score (nSPS) is 14.6. The van der Waals surface area contributed by atoms with Crippen LogP contribution in [0.4, 0.5) is 0 Å². The van der Waals surface area contributed by atoms with E-state index >= 15 is 0 Å². The Hall–Kier alpha value is -1.66. The molecule has 2 atom stereocenters. The Morgan fingerprint density at radius 2 is 1.68 bits per heavy atom. The van der Waals surface area contributed by atoms with E-state index in [2.05, 4.69) is 20.8 Å². The predicted octanol–water partition coefficient (Wildman–Crippen LogP) is 4.55. The number of hydrogen-bond acceptors (Lipinski definition) is 4. The van der Waals surface area contributed by atoms with E-state index in [0.717, 1.165) is 5.56 Å². The third-order valence-corrected chi connectivity index (χ3v) is 9.18. The van der Waals surface area contributed by atoms with E-state index in [1.165, 1.54) is 0 Å². The van der Waals surface area contributed by atoms with Crippen LogP contribution in [0, 0.1) is 0 Å². The highest BCUT2D eigenvalue weighted by Crippen LogP contribution is 2.38. The van der Waals surface area contributed by atoms with Crippen LogP contribution < -0.4 is 0 Å². The molecule has 0 spiro atoms. The Balaban J connectivity index is 2.74. The smallest absolute Gasteiger partial charge is 0.308 e. The zero-order valence-electron chi connectivity index (χ0n) is 16.0. The molecule has 0 heterocycles. The van der Waals surface area contributed by atoms with Gasteiger partial charge >= 0.3 is 11.9 Å². The Labute approximate surface area is 151 Å². The minimum atomic E-state index is -2.18. The summed E-state index contributed by atoms with van der Waals surface area (Å²) in [6, 6.07) is 9.44. The quantitative estimate of drug-likeness (QED) is 0.540. The number of carboxylic acids is 1. The molecule has 0 fully saturated rings. The molecule has 1 rings (SSSR count). The molecule has 0 amide bonds. The van der Waals surface area contributed by atoms with E-state index in [9.17, 15) is 9.59 Å². The molecule has 25 heavy (non-hydrogen) atoms. The number of aliphatic carboxylic acids is 1. The van der Waals surface area contributed by atoms with Crippen LogP contribution in [0.3, 0.4) is 0 Å². The van der Waals surface area contributed by atoms with Crippen LogP contribution in [0.5, 0.6) is 0 Å². The van der Waals surface area contributed by atoms with Crippen molar-refractivity contribution in [2.75, 3.05) is 0 Å². The van der Waals surface area contributed by atoms with Gasteiger partial charge in [0.05, 0.1) is 18.9 Å². The number of ether oxygens (including phenoxy) is 1. The van der Waals surface area contributed by atoms with E-state index in [-0.39, 0.29) is 24.0 Å². The van der Waals surface area contributed by atoms with Gasteiger partial charge in [0.25, 0.3) is 0 Å². The summed E-state index contributed by atoms with van der Waals surface area (Å²) in [5, 5.41) is 9.08.